The zero-order valence-electron chi connectivity index (χ0n) is 13.4. The van der Waals surface area contributed by atoms with E-state index in [9.17, 15) is 13.5 Å². The molecule has 0 aliphatic heterocycles. The van der Waals surface area contributed by atoms with Crippen LogP contribution in [0.15, 0.2) is 40.0 Å². The second-order valence-electron chi connectivity index (χ2n) is 5.35. The Kier molecular flexibility index (Phi) is 5.46. The minimum atomic E-state index is -3.72. The van der Waals surface area contributed by atoms with Crippen LogP contribution >= 0.6 is 0 Å². The molecule has 6 nitrogen and oxygen atoms in total. The molecular formula is C16H21NO5S. The van der Waals surface area contributed by atoms with Crippen LogP contribution in [0.25, 0.3) is 0 Å². The first-order valence-corrected chi connectivity index (χ1v) is 8.68. The molecule has 126 valence electrons. The summed E-state index contributed by atoms with van der Waals surface area (Å²) in [6.45, 7) is 3.84. The van der Waals surface area contributed by atoms with Crippen LogP contribution < -0.4 is 9.46 Å². The van der Waals surface area contributed by atoms with Crippen molar-refractivity contribution < 1.29 is 22.7 Å². The van der Waals surface area contributed by atoms with Gasteiger partial charge in [-0.15, -0.1) is 0 Å². The van der Waals surface area contributed by atoms with Crippen molar-refractivity contribution in [1.82, 2.24) is 4.72 Å². The molecule has 0 aliphatic carbocycles. The molecule has 0 saturated carbocycles. The summed E-state index contributed by atoms with van der Waals surface area (Å²) in [7, 11) is -2.28. The summed E-state index contributed by atoms with van der Waals surface area (Å²) in [5.41, 5.74) is 2.44. The quantitative estimate of drug-likeness (QED) is 0.808. The fraction of sp³-hybridized carbons (Fsp3) is 0.375. The van der Waals surface area contributed by atoms with Gasteiger partial charge in [-0.2, -0.15) is 0 Å². The van der Waals surface area contributed by atoms with E-state index in [2.05, 4.69) is 4.72 Å². The van der Waals surface area contributed by atoms with Crippen molar-refractivity contribution in [1.29, 1.82) is 0 Å². The summed E-state index contributed by atoms with van der Waals surface area (Å²) in [5, 5.41) is 9.94. The van der Waals surface area contributed by atoms with E-state index in [4.69, 9.17) is 9.15 Å². The van der Waals surface area contributed by atoms with Gasteiger partial charge in [0.1, 0.15) is 10.6 Å². The minimum absolute atomic E-state index is 0.0981. The fourth-order valence-corrected chi connectivity index (χ4v) is 3.45. The monoisotopic (exact) mass is 339 g/mol. The van der Waals surface area contributed by atoms with Crippen molar-refractivity contribution in [2.24, 2.45) is 0 Å². The number of aliphatic hydroxyl groups excluding tert-OH is 1. The lowest BCUT2D eigenvalue weighted by molar-refractivity contribution is 0.168. The van der Waals surface area contributed by atoms with Crippen molar-refractivity contribution in [3.63, 3.8) is 0 Å². The molecule has 0 aliphatic rings. The molecule has 1 aromatic carbocycles. The van der Waals surface area contributed by atoms with E-state index < -0.39 is 16.1 Å². The first kappa shape index (κ1) is 17.5. The first-order chi connectivity index (χ1) is 10.8. The molecule has 0 radical (unpaired) electrons. The lowest BCUT2D eigenvalue weighted by Gasteiger charge is -2.14. The molecule has 0 fully saturated rings. The molecule has 0 bridgehead atoms. The first-order valence-electron chi connectivity index (χ1n) is 7.20. The van der Waals surface area contributed by atoms with E-state index in [1.165, 1.54) is 19.6 Å². The Bertz CT molecular complexity index is 753. The maximum absolute atomic E-state index is 12.5. The van der Waals surface area contributed by atoms with Crippen LogP contribution in [0.3, 0.4) is 0 Å². The normalized spacial score (nSPS) is 13.0. The lowest BCUT2D eigenvalue weighted by atomic mass is 10.1. The summed E-state index contributed by atoms with van der Waals surface area (Å²) in [6, 6.07) is 4.93. The van der Waals surface area contributed by atoms with E-state index in [1.54, 1.807) is 18.2 Å². The third kappa shape index (κ3) is 4.13. The predicted molar refractivity (Wildman–Crippen MR) is 85.9 cm³/mol. The summed E-state index contributed by atoms with van der Waals surface area (Å²) in [5.74, 6) is 0.302. The van der Waals surface area contributed by atoms with Crippen LogP contribution in [-0.4, -0.2) is 27.2 Å². The molecule has 1 heterocycles. The minimum Gasteiger partial charge on any atom is -0.495 e. The van der Waals surface area contributed by atoms with Gasteiger partial charge in [0.25, 0.3) is 0 Å². The van der Waals surface area contributed by atoms with E-state index in [0.29, 0.717) is 11.3 Å². The standard InChI is InChI=1S/C16H21NO5S/c1-11-8-15(21-3)16(9-12(11)2)23(19,20)17-6-4-14(18)13-5-7-22-10-13/h5,7-10,14,17-18H,4,6H2,1-3H3/t14-/m1/s1. The van der Waals surface area contributed by atoms with Gasteiger partial charge >= 0.3 is 0 Å². The Balaban J connectivity index is 2.09. The number of rotatable bonds is 7. The Morgan fingerprint density at radius 3 is 2.61 bits per heavy atom. The number of nitrogens with one attached hydrogen (secondary N) is 1. The van der Waals surface area contributed by atoms with Gasteiger partial charge in [-0.3, -0.25) is 0 Å². The van der Waals surface area contributed by atoms with E-state index in [0.717, 1.165) is 11.1 Å². The summed E-state index contributed by atoms with van der Waals surface area (Å²) in [6.07, 6.45) is 2.36. The van der Waals surface area contributed by atoms with Gasteiger partial charge in [0.2, 0.25) is 10.0 Å². The van der Waals surface area contributed by atoms with Crippen LogP contribution in [0.1, 0.15) is 29.2 Å². The Hall–Kier alpha value is -1.83. The largest absolute Gasteiger partial charge is 0.495 e. The van der Waals surface area contributed by atoms with Gasteiger partial charge in [-0.1, -0.05) is 0 Å². The lowest BCUT2D eigenvalue weighted by Crippen LogP contribution is -2.26. The SMILES string of the molecule is COc1cc(C)c(C)cc1S(=O)(=O)NCC[C@@H](O)c1ccoc1. The van der Waals surface area contributed by atoms with Crippen molar-refractivity contribution >= 4 is 10.0 Å². The molecule has 7 heteroatoms. The van der Waals surface area contributed by atoms with E-state index in [-0.39, 0.29) is 17.9 Å². The number of aliphatic hydroxyl groups is 1. The van der Waals surface area contributed by atoms with Gasteiger partial charge in [-0.05, 0) is 49.6 Å². The molecule has 23 heavy (non-hydrogen) atoms. The van der Waals surface area contributed by atoms with Crippen LogP contribution in [0, 0.1) is 13.8 Å². The molecule has 2 N–H and O–H groups in total. The number of benzene rings is 1. The molecule has 0 saturated heterocycles. The topological polar surface area (TPSA) is 88.8 Å². The average Bonchev–Trinajstić information content (AvgIpc) is 3.03. The highest BCUT2D eigenvalue weighted by molar-refractivity contribution is 7.89. The Morgan fingerprint density at radius 1 is 1.30 bits per heavy atom. The fourth-order valence-electron chi connectivity index (χ4n) is 2.17. The molecule has 2 rings (SSSR count). The predicted octanol–water partition coefficient (Wildman–Crippen LogP) is 2.31. The number of hydrogen-bond donors (Lipinski definition) is 2. The van der Waals surface area contributed by atoms with Crippen molar-refractivity contribution in [3.05, 3.63) is 47.4 Å². The maximum atomic E-state index is 12.5. The average molecular weight is 339 g/mol. The molecule has 0 unspecified atom stereocenters. The molecule has 0 spiro atoms. The second kappa shape index (κ2) is 7.16. The zero-order chi connectivity index (χ0) is 17.0. The summed E-state index contributed by atoms with van der Waals surface area (Å²) in [4.78, 5) is 0.0981. The molecule has 2 aromatic rings. The Morgan fingerprint density at radius 2 is 2.00 bits per heavy atom. The van der Waals surface area contributed by atoms with Gasteiger partial charge in [-0.25, -0.2) is 13.1 Å². The molecule has 1 aromatic heterocycles. The number of hydrogen-bond acceptors (Lipinski definition) is 5. The highest BCUT2D eigenvalue weighted by Gasteiger charge is 2.21. The van der Waals surface area contributed by atoms with Gasteiger partial charge in [0.05, 0.1) is 25.7 Å². The number of aryl methyl sites for hydroxylation is 2. The molecule has 1 atom stereocenters. The van der Waals surface area contributed by atoms with E-state index in [1.807, 2.05) is 13.8 Å². The highest BCUT2D eigenvalue weighted by atomic mass is 32.2. The summed E-state index contributed by atoms with van der Waals surface area (Å²) >= 11 is 0. The van der Waals surface area contributed by atoms with Crippen molar-refractivity contribution in [2.75, 3.05) is 13.7 Å². The smallest absolute Gasteiger partial charge is 0.244 e. The second-order valence-corrected chi connectivity index (χ2v) is 7.08. The van der Waals surface area contributed by atoms with Gasteiger partial charge < -0.3 is 14.3 Å². The van der Waals surface area contributed by atoms with Gasteiger partial charge in [0.15, 0.2) is 0 Å². The maximum Gasteiger partial charge on any atom is 0.244 e. The third-order valence-corrected chi connectivity index (χ3v) is 5.19. The van der Waals surface area contributed by atoms with Crippen molar-refractivity contribution in [3.8, 4) is 5.75 Å². The van der Waals surface area contributed by atoms with Crippen LogP contribution in [-0.2, 0) is 10.0 Å². The van der Waals surface area contributed by atoms with Gasteiger partial charge in [0, 0.05) is 12.1 Å². The Labute approximate surface area is 136 Å². The number of ether oxygens (including phenoxy) is 1. The molecule has 0 amide bonds. The van der Waals surface area contributed by atoms with Crippen molar-refractivity contribution in [2.45, 2.75) is 31.3 Å². The van der Waals surface area contributed by atoms with Crippen LogP contribution in [0.2, 0.25) is 0 Å². The number of furan rings is 1. The molecular weight excluding hydrogens is 318 g/mol. The number of methoxy groups -OCH3 is 1. The van der Waals surface area contributed by atoms with E-state index >= 15 is 0 Å². The zero-order valence-corrected chi connectivity index (χ0v) is 14.2. The highest BCUT2D eigenvalue weighted by Crippen LogP contribution is 2.27. The summed E-state index contributed by atoms with van der Waals surface area (Å²) < 4.78 is 37.5. The number of sulfonamides is 1. The van der Waals surface area contributed by atoms with Crippen LogP contribution in [0.5, 0.6) is 5.75 Å². The van der Waals surface area contributed by atoms with Crippen LogP contribution in [0.4, 0.5) is 0 Å². The third-order valence-electron chi connectivity index (χ3n) is 3.71.